The minimum atomic E-state index is 0.508. The first kappa shape index (κ1) is 11.2. The van der Waals surface area contributed by atoms with Gasteiger partial charge in [0.1, 0.15) is 0 Å². The van der Waals surface area contributed by atoms with Crippen LogP contribution in [-0.2, 0) is 0 Å². The second-order valence-electron chi connectivity index (χ2n) is 6.70. The van der Waals surface area contributed by atoms with Crippen LogP contribution in [0.2, 0.25) is 0 Å². The van der Waals surface area contributed by atoms with Crippen molar-refractivity contribution < 1.29 is 0 Å². The maximum absolute atomic E-state index is 2.51. The molecule has 3 atom stereocenters. The lowest BCUT2D eigenvalue weighted by Crippen LogP contribution is -2.48. The van der Waals surface area contributed by atoms with Crippen molar-refractivity contribution in [2.75, 3.05) is 0 Å². The number of fused-ring (bicyclic) bond motifs is 1. The molecule has 0 aromatic carbocycles. The standard InChI is InChI=1S/C15H26/c1-11-9-10-15(5)12(2)7-6-8-13(15)14(11,3)4/h7,11,13H,6,8-10H2,1-5H3/t11-,13-,15-/m0/s1. The molecular formula is C15H26. The third-order valence-corrected chi connectivity index (χ3v) is 5.84. The SMILES string of the molecule is CC1=CCC[C@H]2C(C)(C)[C@@H](C)CC[C@@]12C. The molecule has 2 aliphatic carbocycles. The summed E-state index contributed by atoms with van der Waals surface area (Å²) in [6.07, 6.45) is 8.02. The molecule has 0 radical (unpaired) electrons. The monoisotopic (exact) mass is 206 g/mol. The van der Waals surface area contributed by atoms with Gasteiger partial charge < -0.3 is 0 Å². The molecule has 0 saturated heterocycles. The summed E-state index contributed by atoms with van der Waals surface area (Å²) in [5.74, 6) is 1.79. The highest BCUT2D eigenvalue weighted by molar-refractivity contribution is 5.20. The Morgan fingerprint density at radius 3 is 2.53 bits per heavy atom. The van der Waals surface area contributed by atoms with Gasteiger partial charge in [-0.3, -0.25) is 0 Å². The Labute approximate surface area is 95.1 Å². The van der Waals surface area contributed by atoms with E-state index in [-0.39, 0.29) is 0 Å². The van der Waals surface area contributed by atoms with Crippen molar-refractivity contribution in [2.24, 2.45) is 22.7 Å². The average Bonchev–Trinajstić information content (AvgIpc) is 2.16. The number of hydrogen-bond donors (Lipinski definition) is 0. The molecule has 1 fully saturated rings. The quantitative estimate of drug-likeness (QED) is 0.499. The first-order valence-corrected chi connectivity index (χ1v) is 6.56. The van der Waals surface area contributed by atoms with Gasteiger partial charge in [0.15, 0.2) is 0 Å². The summed E-state index contributed by atoms with van der Waals surface area (Å²) in [7, 11) is 0. The van der Waals surface area contributed by atoms with E-state index in [9.17, 15) is 0 Å². The van der Waals surface area contributed by atoms with Crippen molar-refractivity contribution >= 4 is 0 Å². The Morgan fingerprint density at radius 2 is 1.87 bits per heavy atom. The van der Waals surface area contributed by atoms with Gasteiger partial charge >= 0.3 is 0 Å². The van der Waals surface area contributed by atoms with E-state index in [0.29, 0.717) is 10.8 Å². The summed E-state index contributed by atoms with van der Waals surface area (Å²) < 4.78 is 0. The van der Waals surface area contributed by atoms with Gasteiger partial charge in [-0.15, -0.1) is 0 Å². The number of hydrogen-bond acceptors (Lipinski definition) is 0. The maximum atomic E-state index is 2.51. The number of rotatable bonds is 0. The van der Waals surface area contributed by atoms with Crippen molar-refractivity contribution in [3.8, 4) is 0 Å². The van der Waals surface area contributed by atoms with E-state index in [4.69, 9.17) is 0 Å². The molecule has 0 heterocycles. The topological polar surface area (TPSA) is 0 Å². The molecule has 0 aromatic heterocycles. The van der Waals surface area contributed by atoms with Crippen molar-refractivity contribution in [3.05, 3.63) is 11.6 Å². The molecule has 0 nitrogen and oxygen atoms in total. The van der Waals surface area contributed by atoms with Crippen LogP contribution < -0.4 is 0 Å². The lowest BCUT2D eigenvalue weighted by atomic mass is 9.48. The van der Waals surface area contributed by atoms with Gasteiger partial charge in [-0.2, -0.15) is 0 Å². The highest BCUT2D eigenvalue weighted by Crippen LogP contribution is 2.59. The van der Waals surface area contributed by atoms with Gasteiger partial charge in [0.25, 0.3) is 0 Å². The molecule has 0 unspecified atom stereocenters. The van der Waals surface area contributed by atoms with E-state index in [1.807, 2.05) is 0 Å². The van der Waals surface area contributed by atoms with Crippen LogP contribution in [0.3, 0.4) is 0 Å². The zero-order valence-electron chi connectivity index (χ0n) is 11.1. The zero-order chi connectivity index (χ0) is 11.3. The van der Waals surface area contributed by atoms with Crippen LogP contribution in [0.5, 0.6) is 0 Å². The summed E-state index contributed by atoms with van der Waals surface area (Å²) in [5, 5.41) is 0. The van der Waals surface area contributed by atoms with Gasteiger partial charge in [-0.05, 0) is 55.3 Å². The lowest BCUT2D eigenvalue weighted by molar-refractivity contribution is -0.0277. The van der Waals surface area contributed by atoms with Gasteiger partial charge in [0, 0.05) is 0 Å². The van der Waals surface area contributed by atoms with Crippen LogP contribution >= 0.6 is 0 Å². The van der Waals surface area contributed by atoms with Crippen molar-refractivity contribution in [3.63, 3.8) is 0 Å². The second kappa shape index (κ2) is 3.37. The first-order chi connectivity index (χ1) is 6.89. The van der Waals surface area contributed by atoms with E-state index in [1.54, 1.807) is 5.57 Å². The summed E-state index contributed by atoms with van der Waals surface area (Å²) in [4.78, 5) is 0. The van der Waals surface area contributed by atoms with Crippen molar-refractivity contribution in [1.82, 2.24) is 0 Å². The first-order valence-electron chi connectivity index (χ1n) is 6.56. The van der Waals surface area contributed by atoms with Gasteiger partial charge in [0.2, 0.25) is 0 Å². The highest BCUT2D eigenvalue weighted by atomic mass is 14.5. The Hall–Kier alpha value is -0.260. The smallest absolute Gasteiger partial charge is 0.00855 e. The largest absolute Gasteiger partial charge is 0.0850 e. The fourth-order valence-electron chi connectivity index (χ4n) is 4.09. The fourth-order valence-corrected chi connectivity index (χ4v) is 4.09. The minimum Gasteiger partial charge on any atom is -0.0850 e. The molecule has 0 aliphatic heterocycles. The van der Waals surface area contributed by atoms with E-state index in [2.05, 4.69) is 40.7 Å². The van der Waals surface area contributed by atoms with Crippen LogP contribution in [0.25, 0.3) is 0 Å². The Morgan fingerprint density at radius 1 is 1.20 bits per heavy atom. The molecule has 0 spiro atoms. The predicted molar refractivity (Wildman–Crippen MR) is 66.8 cm³/mol. The van der Waals surface area contributed by atoms with Crippen LogP contribution in [0.15, 0.2) is 11.6 Å². The summed E-state index contributed by atoms with van der Waals surface area (Å²) in [6, 6.07) is 0. The zero-order valence-corrected chi connectivity index (χ0v) is 11.1. The normalized spacial score (nSPS) is 44.5. The maximum Gasteiger partial charge on any atom is -0.00855 e. The fraction of sp³-hybridized carbons (Fsp3) is 0.867. The Kier molecular flexibility index (Phi) is 2.52. The summed E-state index contributed by atoms with van der Waals surface area (Å²) in [5.41, 5.74) is 2.70. The molecule has 15 heavy (non-hydrogen) atoms. The Bertz CT molecular complexity index is 284. The molecule has 0 amide bonds. The molecule has 0 aromatic rings. The molecule has 86 valence electrons. The number of allylic oxidation sites excluding steroid dienone is 2. The van der Waals surface area contributed by atoms with E-state index >= 15 is 0 Å². The molecule has 0 bridgehead atoms. The summed E-state index contributed by atoms with van der Waals surface area (Å²) in [6.45, 7) is 12.3. The second-order valence-corrected chi connectivity index (χ2v) is 6.70. The third-order valence-electron chi connectivity index (χ3n) is 5.84. The van der Waals surface area contributed by atoms with Gasteiger partial charge in [-0.1, -0.05) is 39.3 Å². The van der Waals surface area contributed by atoms with Crippen molar-refractivity contribution in [1.29, 1.82) is 0 Å². The average molecular weight is 206 g/mol. The molecule has 2 rings (SSSR count). The predicted octanol–water partition coefficient (Wildman–Crippen LogP) is 4.81. The Balaban J connectivity index is 2.39. The molecule has 2 aliphatic rings. The lowest BCUT2D eigenvalue weighted by Gasteiger charge is -2.56. The van der Waals surface area contributed by atoms with Gasteiger partial charge in [-0.25, -0.2) is 0 Å². The molecule has 0 heteroatoms. The molecule has 1 saturated carbocycles. The van der Waals surface area contributed by atoms with E-state index in [0.717, 1.165) is 11.8 Å². The summed E-state index contributed by atoms with van der Waals surface area (Å²) >= 11 is 0. The van der Waals surface area contributed by atoms with Gasteiger partial charge in [0.05, 0.1) is 0 Å². The minimum absolute atomic E-state index is 0.508. The van der Waals surface area contributed by atoms with Crippen LogP contribution in [0.4, 0.5) is 0 Å². The highest BCUT2D eigenvalue weighted by Gasteiger charge is 2.50. The van der Waals surface area contributed by atoms with E-state index < -0.39 is 0 Å². The van der Waals surface area contributed by atoms with E-state index in [1.165, 1.54) is 25.7 Å². The van der Waals surface area contributed by atoms with Crippen LogP contribution in [0.1, 0.15) is 60.3 Å². The molecule has 0 N–H and O–H groups in total. The molecular weight excluding hydrogens is 180 g/mol. The third kappa shape index (κ3) is 1.48. The van der Waals surface area contributed by atoms with Crippen LogP contribution in [-0.4, -0.2) is 0 Å². The van der Waals surface area contributed by atoms with Crippen LogP contribution in [0, 0.1) is 22.7 Å². The van der Waals surface area contributed by atoms with Crippen molar-refractivity contribution in [2.45, 2.75) is 60.3 Å².